The van der Waals surface area contributed by atoms with Crippen LogP contribution in [0, 0.1) is 6.92 Å². The summed E-state index contributed by atoms with van der Waals surface area (Å²) in [5.74, 6) is -0.0165. The Balaban J connectivity index is 1.76. The number of nitrogens with one attached hydrogen (secondary N) is 1. The maximum absolute atomic E-state index is 12.8. The number of pyridine rings is 1. The van der Waals surface area contributed by atoms with Crippen LogP contribution >= 0.6 is 0 Å². The molecule has 3 aromatic rings. The highest BCUT2D eigenvalue weighted by molar-refractivity contribution is 5.97. The van der Waals surface area contributed by atoms with Gasteiger partial charge in [-0.2, -0.15) is 0 Å². The Bertz CT molecular complexity index is 1010. The Kier molecular flexibility index (Phi) is 4.12. The fourth-order valence-electron chi connectivity index (χ4n) is 3.36. The minimum atomic E-state index is -0.123. The maximum Gasteiger partial charge on any atom is 0.270 e. The van der Waals surface area contributed by atoms with E-state index in [-0.39, 0.29) is 11.5 Å². The summed E-state index contributed by atoms with van der Waals surface area (Å²) in [6, 6.07) is 12.9. The monoisotopic (exact) mass is 350 g/mol. The molecule has 26 heavy (non-hydrogen) atoms. The molecule has 6 heteroatoms. The molecule has 0 bridgehead atoms. The highest BCUT2D eigenvalue weighted by Gasteiger charge is 2.22. The summed E-state index contributed by atoms with van der Waals surface area (Å²) in [7, 11) is 2.06. The number of benzene rings is 1. The first-order valence-corrected chi connectivity index (χ1v) is 8.82. The zero-order chi connectivity index (χ0) is 18.3. The Morgan fingerprint density at radius 1 is 1.00 bits per heavy atom. The molecule has 1 saturated heterocycles. The maximum atomic E-state index is 12.8. The van der Waals surface area contributed by atoms with Gasteiger partial charge in [-0.25, -0.2) is 0 Å². The van der Waals surface area contributed by atoms with E-state index in [1.807, 2.05) is 42.2 Å². The van der Waals surface area contributed by atoms with Crippen molar-refractivity contribution in [2.75, 3.05) is 33.2 Å². The third kappa shape index (κ3) is 2.93. The third-order valence-corrected chi connectivity index (χ3v) is 4.99. The summed E-state index contributed by atoms with van der Waals surface area (Å²) in [4.78, 5) is 32.6. The first kappa shape index (κ1) is 16.6. The van der Waals surface area contributed by atoms with Gasteiger partial charge in [0.1, 0.15) is 11.3 Å². The number of fused-ring (bicyclic) bond motifs is 1. The van der Waals surface area contributed by atoms with Crippen molar-refractivity contribution in [3.63, 3.8) is 0 Å². The molecule has 6 nitrogen and oxygen atoms in total. The Labute approximate surface area is 151 Å². The molecular weight excluding hydrogens is 328 g/mol. The Hall–Kier alpha value is -2.86. The standard InChI is InChI=1S/C20H22N4O2/c1-14-3-6-16(7-4-14)24-18(25)8-5-15-13-17(21-19(15)24)20(26)23-11-9-22(2)10-12-23/h3-8,13,21H,9-12H2,1-2H3. The number of H-pyrrole nitrogens is 1. The van der Waals surface area contributed by atoms with Crippen LogP contribution in [-0.4, -0.2) is 58.5 Å². The molecule has 0 aliphatic carbocycles. The van der Waals surface area contributed by atoms with Gasteiger partial charge in [0, 0.05) is 37.6 Å². The van der Waals surface area contributed by atoms with Crippen LogP contribution in [0.3, 0.4) is 0 Å². The average Bonchev–Trinajstić information content (AvgIpc) is 3.07. The van der Waals surface area contributed by atoms with E-state index >= 15 is 0 Å². The lowest BCUT2D eigenvalue weighted by molar-refractivity contribution is 0.0659. The number of aromatic nitrogens is 2. The predicted molar refractivity (Wildman–Crippen MR) is 102 cm³/mol. The third-order valence-electron chi connectivity index (χ3n) is 4.99. The molecule has 0 unspecified atom stereocenters. The van der Waals surface area contributed by atoms with Crippen LogP contribution in [0.5, 0.6) is 0 Å². The number of carbonyl (C=O) groups excluding carboxylic acids is 1. The lowest BCUT2D eigenvalue weighted by atomic mass is 10.2. The second-order valence-electron chi connectivity index (χ2n) is 6.92. The lowest BCUT2D eigenvalue weighted by Gasteiger charge is -2.32. The number of aryl methyl sites for hydroxylation is 1. The van der Waals surface area contributed by atoms with E-state index in [1.165, 1.54) is 0 Å². The molecule has 1 amide bonds. The van der Waals surface area contributed by atoms with E-state index in [0.717, 1.165) is 42.8 Å². The van der Waals surface area contributed by atoms with Crippen molar-refractivity contribution in [2.24, 2.45) is 0 Å². The molecule has 0 spiro atoms. The first-order valence-electron chi connectivity index (χ1n) is 8.82. The molecule has 1 aliphatic heterocycles. The Morgan fingerprint density at radius 3 is 2.38 bits per heavy atom. The number of piperazine rings is 1. The SMILES string of the molecule is Cc1ccc(-n2c(=O)ccc3cc(C(=O)N4CCN(C)CC4)[nH]c32)cc1. The summed E-state index contributed by atoms with van der Waals surface area (Å²) < 4.78 is 1.62. The molecule has 1 aromatic carbocycles. The smallest absolute Gasteiger partial charge is 0.270 e. The molecule has 1 aliphatic rings. The van der Waals surface area contributed by atoms with Gasteiger partial charge in [0.15, 0.2) is 0 Å². The second-order valence-corrected chi connectivity index (χ2v) is 6.92. The summed E-state index contributed by atoms with van der Waals surface area (Å²) in [6.07, 6.45) is 0. The molecule has 2 aromatic heterocycles. The van der Waals surface area contributed by atoms with Gasteiger partial charge in [0.2, 0.25) is 0 Å². The van der Waals surface area contributed by atoms with Crippen LogP contribution in [0.25, 0.3) is 16.7 Å². The van der Waals surface area contributed by atoms with Crippen molar-refractivity contribution in [1.82, 2.24) is 19.4 Å². The zero-order valence-electron chi connectivity index (χ0n) is 15.0. The van der Waals surface area contributed by atoms with Gasteiger partial charge in [-0.05, 0) is 38.2 Å². The number of rotatable bonds is 2. The van der Waals surface area contributed by atoms with Gasteiger partial charge in [0.25, 0.3) is 11.5 Å². The molecular formula is C20H22N4O2. The summed E-state index contributed by atoms with van der Waals surface area (Å²) in [6.45, 7) is 5.19. The molecule has 4 rings (SSSR count). The number of hydrogen-bond acceptors (Lipinski definition) is 3. The van der Waals surface area contributed by atoms with Crippen molar-refractivity contribution in [3.8, 4) is 5.69 Å². The minimum Gasteiger partial charge on any atom is -0.336 e. The van der Waals surface area contributed by atoms with Crippen LogP contribution in [0.1, 0.15) is 16.1 Å². The van der Waals surface area contributed by atoms with Crippen molar-refractivity contribution in [3.05, 3.63) is 64.1 Å². The van der Waals surface area contributed by atoms with Gasteiger partial charge < -0.3 is 14.8 Å². The van der Waals surface area contributed by atoms with Gasteiger partial charge in [-0.1, -0.05) is 17.7 Å². The zero-order valence-corrected chi connectivity index (χ0v) is 15.0. The number of hydrogen-bond donors (Lipinski definition) is 1. The lowest BCUT2D eigenvalue weighted by Crippen LogP contribution is -2.47. The number of amides is 1. The summed E-state index contributed by atoms with van der Waals surface area (Å²) >= 11 is 0. The van der Waals surface area contributed by atoms with Crippen molar-refractivity contribution in [2.45, 2.75) is 6.92 Å². The fourth-order valence-corrected chi connectivity index (χ4v) is 3.36. The van der Waals surface area contributed by atoms with E-state index in [4.69, 9.17) is 0 Å². The quantitative estimate of drug-likeness (QED) is 0.769. The minimum absolute atomic E-state index is 0.0165. The number of likely N-dealkylation sites (N-methyl/N-ethyl adjacent to an activating group) is 1. The van der Waals surface area contributed by atoms with Crippen LogP contribution in [0.15, 0.2) is 47.3 Å². The van der Waals surface area contributed by atoms with Crippen LogP contribution in [0.2, 0.25) is 0 Å². The molecule has 1 fully saturated rings. The molecule has 134 valence electrons. The molecule has 1 N–H and O–H groups in total. The average molecular weight is 350 g/mol. The predicted octanol–water partition coefficient (Wildman–Crippen LogP) is 2.01. The molecule has 3 heterocycles. The van der Waals surface area contributed by atoms with Crippen LogP contribution in [-0.2, 0) is 0 Å². The van der Waals surface area contributed by atoms with Crippen molar-refractivity contribution >= 4 is 16.9 Å². The summed E-state index contributed by atoms with van der Waals surface area (Å²) in [5.41, 5.74) is 2.97. The Morgan fingerprint density at radius 2 is 1.69 bits per heavy atom. The summed E-state index contributed by atoms with van der Waals surface area (Å²) in [5, 5.41) is 0.850. The number of nitrogens with zero attached hydrogens (tertiary/aromatic N) is 3. The highest BCUT2D eigenvalue weighted by atomic mass is 16.2. The van der Waals surface area contributed by atoms with Gasteiger partial charge in [-0.3, -0.25) is 14.2 Å². The van der Waals surface area contributed by atoms with Gasteiger partial charge in [0.05, 0.1) is 5.69 Å². The van der Waals surface area contributed by atoms with Crippen molar-refractivity contribution in [1.29, 1.82) is 0 Å². The van der Waals surface area contributed by atoms with E-state index in [0.29, 0.717) is 11.3 Å². The second kappa shape index (κ2) is 6.46. The van der Waals surface area contributed by atoms with Gasteiger partial charge in [-0.15, -0.1) is 0 Å². The largest absolute Gasteiger partial charge is 0.336 e. The normalized spacial score (nSPS) is 15.5. The molecule has 0 saturated carbocycles. The molecule has 0 radical (unpaired) electrons. The van der Waals surface area contributed by atoms with Gasteiger partial charge >= 0.3 is 0 Å². The van der Waals surface area contributed by atoms with Crippen molar-refractivity contribution < 1.29 is 4.79 Å². The van der Waals surface area contributed by atoms with Crippen LogP contribution in [0.4, 0.5) is 0 Å². The number of carbonyl (C=O) groups is 1. The highest BCUT2D eigenvalue weighted by Crippen LogP contribution is 2.19. The number of aromatic amines is 1. The fraction of sp³-hybridized carbons (Fsp3) is 0.300. The van der Waals surface area contributed by atoms with E-state index in [1.54, 1.807) is 16.7 Å². The molecule has 0 atom stereocenters. The van der Waals surface area contributed by atoms with E-state index in [9.17, 15) is 9.59 Å². The van der Waals surface area contributed by atoms with E-state index < -0.39 is 0 Å². The van der Waals surface area contributed by atoms with E-state index in [2.05, 4.69) is 16.9 Å². The van der Waals surface area contributed by atoms with Crippen LogP contribution < -0.4 is 5.56 Å². The first-order chi connectivity index (χ1) is 12.5. The topological polar surface area (TPSA) is 61.3 Å².